The van der Waals surface area contributed by atoms with E-state index in [1.165, 1.54) is 0 Å². The van der Waals surface area contributed by atoms with E-state index in [9.17, 15) is 0 Å². The highest BCUT2D eigenvalue weighted by molar-refractivity contribution is 5.51. The molecule has 5 nitrogen and oxygen atoms in total. The number of benzene rings is 2. The van der Waals surface area contributed by atoms with Crippen LogP contribution in [0, 0.1) is 0 Å². The zero-order chi connectivity index (χ0) is 14.5. The van der Waals surface area contributed by atoms with Gasteiger partial charge in [0.05, 0.1) is 0 Å². The smallest absolute Gasteiger partial charge is 0.231 e. The monoisotopic (exact) mass is 287 g/mol. The summed E-state index contributed by atoms with van der Waals surface area (Å²) in [5.41, 5.74) is 6.62. The minimum absolute atomic E-state index is 0.236. The van der Waals surface area contributed by atoms with Crippen molar-refractivity contribution >= 4 is 0 Å². The van der Waals surface area contributed by atoms with Gasteiger partial charge in [-0.25, -0.2) is 0 Å². The maximum atomic E-state index is 5.73. The average molecular weight is 287 g/mol. The zero-order valence-electron chi connectivity index (χ0n) is 11.6. The van der Waals surface area contributed by atoms with Crippen LogP contribution < -0.4 is 24.7 Å². The molecule has 2 aromatic carbocycles. The van der Waals surface area contributed by atoms with Gasteiger partial charge in [0.2, 0.25) is 6.79 Å². The Labute approximate surface area is 123 Å². The lowest BCUT2D eigenvalue weighted by Gasteiger charge is -2.12. The van der Waals surface area contributed by atoms with Crippen molar-refractivity contribution in [3.05, 3.63) is 48.0 Å². The van der Waals surface area contributed by atoms with E-state index < -0.39 is 0 Å². The van der Waals surface area contributed by atoms with Crippen molar-refractivity contribution in [2.75, 3.05) is 20.0 Å². The molecule has 1 heterocycles. The number of hydrogen-bond donors (Lipinski definition) is 1. The first-order valence-corrected chi connectivity index (χ1v) is 6.80. The van der Waals surface area contributed by atoms with Crippen LogP contribution in [0.5, 0.6) is 23.0 Å². The van der Waals surface area contributed by atoms with Crippen LogP contribution in [-0.4, -0.2) is 20.0 Å². The maximum absolute atomic E-state index is 5.73. The highest BCUT2D eigenvalue weighted by atomic mass is 16.7. The SMILES string of the molecule is NCc1cc2c(cc1OCCOc1ccccc1)OCO2. The summed E-state index contributed by atoms with van der Waals surface area (Å²) in [7, 11) is 0. The first-order valence-electron chi connectivity index (χ1n) is 6.80. The van der Waals surface area contributed by atoms with E-state index in [4.69, 9.17) is 24.7 Å². The molecule has 0 atom stereocenters. The molecule has 110 valence electrons. The summed E-state index contributed by atoms with van der Waals surface area (Å²) in [6, 6.07) is 13.3. The molecule has 3 rings (SSSR count). The Morgan fingerprint density at radius 1 is 0.952 bits per heavy atom. The van der Waals surface area contributed by atoms with Crippen LogP contribution in [0.1, 0.15) is 5.56 Å². The van der Waals surface area contributed by atoms with Gasteiger partial charge in [0, 0.05) is 18.2 Å². The first kappa shape index (κ1) is 13.6. The van der Waals surface area contributed by atoms with Crippen LogP contribution >= 0.6 is 0 Å². The number of fused-ring (bicyclic) bond motifs is 1. The lowest BCUT2D eigenvalue weighted by molar-refractivity contribution is 0.173. The summed E-state index contributed by atoms with van der Waals surface area (Å²) in [6.07, 6.45) is 0. The highest BCUT2D eigenvalue weighted by Crippen LogP contribution is 2.37. The Morgan fingerprint density at radius 3 is 2.43 bits per heavy atom. The molecule has 0 saturated heterocycles. The molecular formula is C16H17NO4. The van der Waals surface area contributed by atoms with Crippen molar-refractivity contribution < 1.29 is 18.9 Å². The molecule has 2 aromatic rings. The van der Waals surface area contributed by atoms with Gasteiger partial charge >= 0.3 is 0 Å². The van der Waals surface area contributed by atoms with Gasteiger partial charge in [0.1, 0.15) is 24.7 Å². The lowest BCUT2D eigenvalue weighted by atomic mass is 10.2. The number of para-hydroxylation sites is 1. The molecule has 0 unspecified atom stereocenters. The van der Waals surface area contributed by atoms with Gasteiger partial charge < -0.3 is 24.7 Å². The second-order valence-corrected chi connectivity index (χ2v) is 4.53. The molecule has 0 spiro atoms. The van der Waals surface area contributed by atoms with Gasteiger partial charge in [0.15, 0.2) is 11.5 Å². The fraction of sp³-hybridized carbons (Fsp3) is 0.250. The molecule has 2 N–H and O–H groups in total. The Morgan fingerprint density at radius 2 is 1.67 bits per heavy atom. The molecule has 1 aliphatic heterocycles. The molecule has 5 heteroatoms. The average Bonchev–Trinajstić information content (AvgIpc) is 2.99. The number of nitrogens with two attached hydrogens (primary N) is 1. The molecule has 0 fully saturated rings. The highest BCUT2D eigenvalue weighted by Gasteiger charge is 2.17. The van der Waals surface area contributed by atoms with Gasteiger partial charge in [-0.2, -0.15) is 0 Å². The quantitative estimate of drug-likeness (QED) is 0.826. The van der Waals surface area contributed by atoms with E-state index in [1.54, 1.807) is 0 Å². The standard InChI is InChI=1S/C16H17NO4/c17-10-12-8-15-16(21-11-20-15)9-14(12)19-7-6-18-13-4-2-1-3-5-13/h1-5,8-9H,6-7,10-11,17H2. The van der Waals surface area contributed by atoms with Crippen LogP contribution in [0.2, 0.25) is 0 Å². The number of rotatable bonds is 6. The molecule has 0 radical (unpaired) electrons. The third kappa shape index (κ3) is 3.20. The Bertz CT molecular complexity index is 601. The minimum atomic E-state index is 0.236. The van der Waals surface area contributed by atoms with Crippen molar-refractivity contribution in [1.82, 2.24) is 0 Å². The molecular weight excluding hydrogens is 270 g/mol. The van der Waals surface area contributed by atoms with Crippen LogP contribution in [0.4, 0.5) is 0 Å². The number of ether oxygens (including phenoxy) is 4. The molecule has 0 saturated carbocycles. The van der Waals surface area contributed by atoms with Gasteiger partial charge in [-0.1, -0.05) is 18.2 Å². The normalized spacial score (nSPS) is 12.2. The fourth-order valence-electron chi connectivity index (χ4n) is 2.09. The summed E-state index contributed by atoms with van der Waals surface area (Å²) in [5, 5.41) is 0. The second kappa shape index (κ2) is 6.37. The van der Waals surface area contributed by atoms with Crippen molar-refractivity contribution in [3.63, 3.8) is 0 Å². The van der Waals surface area contributed by atoms with Gasteiger partial charge in [-0.3, -0.25) is 0 Å². The largest absolute Gasteiger partial charge is 0.490 e. The fourth-order valence-corrected chi connectivity index (χ4v) is 2.09. The van der Waals surface area contributed by atoms with Crippen molar-refractivity contribution in [2.24, 2.45) is 5.73 Å². The van der Waals surface area contributed by atoms with E-state index in [0.717, 1.165) is 11.3 Å². The molecule has 1 aliphatic rings. The van der Waals surface area contributed by atoms with Crippen molar-refractivity contribution in [3.8, 4) is 23.0 Å². The van der Waals surface area contributed by atoms with Crippen LogP contribution in [-0.2, 0) is 6.54 Å². The lowest BCUT2D eigenvalue weighted by Crippen LogP contribution is -2.11. The summed E-state index contributed by atoms with van der Waals surface area (Å²) in [6.45, 7) is 1.51. The maximum Gasteiger partial charge on any atom is 0.231 e. The van der Waals surface area contributed by atoms with Gasteiger partial charge in [0.25, 0.3) is 0 Å². The second-order valence-electron chi connectivity index (χ2n) is 4.53. The Kier molecular flexibility index (Phi) is 4.12. The Hall–Kier alpha value is -2.40. The van der Waals surface area contributed by atoms with Crippen LogP contribution in [0.15, 0.2) is 42.5 Å². The minimum Gasteiger partial charge on any atom is -0.490 e. The predicted octanol–water partition coefficient (Wildman–Crippen LogP) is 2.33. The summed E-state index contributed by atoms with van der Waals surface area (Å²) in [5.74, 6) is 2.93. The number of hydrogen-bond acceptors (Lipinski definition) is 5. The van der Waals surface area contributed by atoms with E-state index in [1.807, 2.05) is 42.5 Å². The molecule has 0 aliphatic carbocycles. The molecule has 0 amide bonds. The first-order chi connectivity index (χ1) is 10.4. The molecule has 0 bridgehead atoms. The third-order valence-corrected chi connectivity index (χ3v) is 3.13. The summed E-state index contributed by atoms with van der Waals surface area (Å²) >= 11 is 0. The molecule has 21 heavy (non-hydrogen) atoms. The zero-order valence-corrected chi connectivity index (χ0v) is 11.6. The van der Waals surface area contributed by atoms with E-state index in [-0.39, 0.29) is 6.79 Å². The van der Waals surface area contributed by atoms with Gasteiger partial charge in [-0.15, -0.1) is 0 Å². The van der Waals surface area contributed by atoms with Crippen molar-refractivity contribution in [1.29, 1.82) is 0 Å². The topological polar surface area (TPSA) is 62.9 Å². The van der Waals surface area contributed by atoms with Crippen molar-refractivity contribution in [2.45, 2.75) is 6.54 Å². The summed E-state index contributed by atoms with van der Waals surface area (Å²) in [4.78, 5) is 0. The predicted molar refractivity (Wildman–Crippen MR) is 77.9 cm³/mol. The van der Waals surface area contributed by atoms with E-state index >= 15 is 0 Å². The Balaban J connectivity index is 1.57. The van der Waals surface area contributed by atoms with Crippen LogP contribution in [0.3, 0.4) is 0 Å². The molecule has 0 aromatic heterocycles. The van der Waals surface area contributed by atoms with Crippen LogP contribution in [0.25, 0.3) is 0 Å². The van der Waals surface area contributed by atoms with Gasteiger partial charge in [-0.05, 0) is 18.2 Å². The summed E-state index contributed by atoms with van der Waals surface area (Å²) < 4.78 is 22.0. The van der Waals surface area contributed by atoms with E-state index in [2.05, 4.69) is 0 Å². The third-order valence-electron chi connectivity index (χ3n) is 3.13. The van der Waals surface area contributed by atoms with E-state index in [0.29, 0.717) is 37.0 Å².